The zero-order valence-electron chi connectivity index (χ0n) is 20.5. The SMILES string of the molecule is [2H]C([2H])([2H])Oc1ccc(-c2ccc3ncc4c(c3c2)n(C2CCN(C)CC2(F)F)c(=O)n4C)cn1. The molecule has 0 amide bonds. The van der Waals surface area contributed by atoms with Crippen molar-refractivity contribution < 1.29 is 17.6 Å². The van der Waals surface area contributed by atoms with E-state index >= 15 is 8.78 Å². The first-order valence-corrected chi connectivity index (χ1v) is 10.2. The molecule has 4 aromatic rings. The predicted octanol–water partition coefficient (Wildman–Crippen LogP) is 3.47. The first kappa shape index (κ1) is 17.3. The number of likely N-dealkylation sites (tertiary alicyclic amines) is 1. The number of nitrogens with zero attached hydrogens (tertiary/aromatic N) is 5. The fourth-order valence-electron chi connectivity index (χ4n) is 4.52. The van der Waals surface area contributed by atoms with Crippen LogP contribution in [0.1, 0.15) is 16.6 Å². The lowest BCUT2D eigenvalue weighted by Crippen LogP contribution is -2.49. The normalized spacial score (nSPS) is 20.8. The van der Waals surface area contributed by atoms with Crippen LogP contribution in [-0.2, 0) is 7.05 Å². The number of piperidine rings is 1. The number of ether oxygens (including phenoxy) is 1. The number of alkyl halides is 2. The van der Waals surface area contributed by atoms with E-state index in [0.29, 0.717) is 39.6 Å². The van der Waals surface area contributed by atoms with Gasteiger partial charge in [0.05, 0.1) is 40.4 Å². The van der Waals surface area contributed by atoms with E-state index in [4.69, 9.17) is 8.85 Å². The summed E-state index contributed by atoms with van der Waals surface area (Å²) in [6.45, 7) is 0.0266. The average Bonchev–Trinajstić information content (AvgIpc) is 3.03. The van der Waals surface area contributed by atoms with Gasteiger partial charge in [0.25, 0.3) is 5.92 Å². The van der Waals surface area contributed by atoms with Gasteiger partial charge in [0.15, 0.2) is 0 Å². The fraction of sp³-hybridized carbons (Fsp3) is 0.348. The summed E-state index contributed by atoms with van der Waals surface area (Å²) in [5, 5.41) is 0.565. The van der Waals surface area contributed by atoms with Gasteiger partial charge in [-0.3, -0.25) is 14.1 Å². The Morgan fingerprint density at radius 3 is 2.69 bits per heavy atom. The number of hydrogen-bond acceptors (Lipinski definition) is 5. The molecule has 1 unspecified atom stereocenters. The summed E-state index contributed by atoms with van der Waals surface area (Å²) in [7, 11) is 0.588. The number of hydrogen-bond donors (Lipinski definition) is 0. The third kappa shape index (κ3) is 3.15. The van der Waals surface area contributed by atoms with Crippen molar-refractivity contribution in [1.29, 1.82) is 0 Å². The number of halogens is 2. The van der Waals surface area contributed by atoms with E-state index in [9.17, 15) is 4.79 Å². The van der Waals surface area contributed by atoms with Crippen LogP contribution < -0.4 is 10.4 Å². The molecule has 1 atom stereocenters. The first-order chi connectivity index (χ1) is 16.4. The largest absolute Gasteiger partial charge is 0.481 e. The van der Waals surface area contributed by atoms with Crippen molar-refractivity contribution in [2.24, 2.45) is 7.05 Å². The van der Waals surface area contributed by atoms with Crippen LogP contribution in [-0.4, -0.2) is 57.1 Å². The minimum atomic E-state index is -3.08. The molecule has 1 aliphatic heterocycles. The highest BCUT2D eigenvalue weighted by atomic mass is 19.3. The molecule has 3 aromatic heterocycles. The van der Waals surface area contributed by atoms with E-state index < -0.39 is 31.2 Å². The van der Waals surface area contributed by atoms with E-state index in [1.54, 1.807) is 43.3 Å². The molecule has 166 valence electrons. The van der Waals surface area contributed by atoms with Crippen LogP contribution in [0.2, 0.25) is 0 Å². The Balaban J connectivity index is 1.67. The second-order valence-electron chi connectivity index (χ2n) is 8.23. The van der Waals surface area contributed by atoms with Gasteiger partial charge in [-0.1, -0.05) is 6.07 Å². The number of aromatic nitrogens is 4. The van der Waals surface area contributed by atoms with Crippen molar-refractivity contribution in [3.05, 3.63) is 53.2 Å². The van der Waals surface area contributed by atoms with Gasteiger partial charge in [0.1, 0.15) is 6.04 Å². The number of rotatable bonds is 3. The van der Waals surface area contributed by atoms with Crippen LogP contribution in [0.5, 0.6) is 5.88 Å². The topological polar surface area (TPSA) is 65.2 Å². The highest BCUT2D eigenvalue weighted by Gasteiger charge is 2.46. The van der Waals surface area contributed by atoms with Crippen LogP contribution in [0.15, 0.2) is 47.5 Å². The lowest BCUT2D eigenvalue weighted by molar-refractivity contribution is -0.0977. The molecular weight excluding hydrogens is 416 g/mol. The maximum absolute atomic E-state index is 15.1. The van der Waals surface area contributed by atoms with Crippen LogP contribution >= 0.6 is 0 Å². The molecule has 0 N–H and O–H groups in total. The average molecular weight is 442 g/mol. The molecule has 1 aromatic carbocycles. The van der Waals surface area contributed by atoms with Gasteiger partial charge in [-0.2, -0.15) is 0 Å². The Hall–Kier alpha value is -3.33. The van der Waals surface area contributed by atoms with Gasteiger partial charge in [-0.25, -0.2) is 18.6 Å². The Bertz CT molecular complexity index is 1480. The van der Waals surface area contributed by atoms with Crippen molar-refractivity contribution in [2.45, 2.75) is 18.4 Å². The summed E-state index contributed by atoms with van der Waals surface area (Å²) in [5.41, 5.74) is 2.30. The molecule has 1 fully saturated rings. The molecule has 0 radical (unpaired) electrons. The minimum absolute atomic E-state index is 0.0417. The predicted molar refractivity (Wildman–Crippen MR) is 118 cm³/mol. The molecule has 32 heavy (non-hydrogen) atoms. The summed E-state index contributed by atoms with van der Waals surface area (Å²) in [5.74, 6) is -3.12. The summed E-state index contributed by atoms with van der Waals surface area (Å²) in [6.07, 6.45) is 3.14. The third-order valence-corrected chi connectivity index (χ3v) is 6.15. The molecule has 0 aliphatic carbocycles. The molecule has 7 nitrogen and oxygen atoms in total. The van der Waals surface area contributed by atoms with E-state index in [0.717, 1.165) is 0 Å². The Labute approximate surface area is 187 Å². The van der Waals surface area contributed by atoms with Gasteiger partial charge in [0, 0.05) is 36.8 Å². The van der Waals surface area contributed by atoms with Crippen molar-refractivity contribution in [1.82, 2.24) is 24.0 Å². The van der Waals surface area contributed by atoms with E-state index in [2.05, 4.69) is 9.97 Å². The van der Waals surface area contributed by atoms with Crippen molar-refractivity contribution in [3.8, 4) is 17.0 Å². The standard InChI is InChI=1S/C23H23F2N5O2/c1-28-9-8-19(23(24,25)13-28)30-21-16-10-14(15-5-7-20(32-3)27-11-15)4-6-17(16)26-12-18(21)29(2)22(30)31/h4-7,10-12,19H,8-9,13H2,1-3H3/i3D3. The Morgan fingerprint density at radius 2 is 1.97 bits per heavy atom. The number of pyridine rings is 2. The number of aryl methyl sites for hydroxylation is 1. The summed E-state index contributed by atoms with van der Waals surface area (Å²) in [6, 6.07) is 7.18. The molecule has 1 aliphatic rings. The number of imidazole rings is 1. The summed E-state index contributed by atoms with van der Waals surface area (Å²) in [4.78, 5) is 23.3. The lowest BCUT2D eigenvalue weighted by atomic mass is 10.00. The molecular formula is C23H23F2N5O2. The van der Waals surface area contributed by atoms with Gasteiger partial charge in [0.2, 0.25) is 5.88 Å². The third-order valence-electron chi connectivity index (χ3n) is 6.15. The van der Waals surface area contributed by atoms with E-state index in [-0.39, 0.29) is 12.3 Å². The highest BCUT2D eigenvalue weighted by Crippen LogP contribution is 2.39. The summed E-state index contributed by atoms with van der Waals surface area (Å²) >= 11 is 0. The fourth-order valence-corrected chi connectivity index (χ4v) is 4.52. The van der Waals surface area contributed by atoms with Crippen molar-refractivity contribution >= 4 is 21.9 Å². The molecule has 0 saturated carbocycles. The number of fused-ring (bicyclic) bond motifs is 3. The molecule has 0 spiro atoms. The van der Waals surface area contributed by atoms with Crippen molar-refractivity contribution in [3.63, 3.8) is 0 Å². The summed E-state index contributed by atoms with van der Waals surface area (Å²) < 4.78 is 59.2. The molecule has 9 heteroatoms. The van der Waals surface area contributed by atoms with Crippen LogP contribution in [0.3, 0.4) is 0 Å². The van der Waals surface area contributed by atoms with Crippen LogP contribution in [0, 0.1) is 0 Å². The minimum Gasteiger partial charge on any atom is -0.481 e. The van der Waals surface area contributed by atoms with Crippen LogP contribution in [0.25, 0.3) is 33.1 Å². The smallest absolute Gasteiger partial charge is 0.329 e. The lowest BCUT2D eigenvalue weighted by Gasteiger charge is -2.37. The van der Waals surface area contributed by atoms with Gasteiger partial charge >= 0.3 is 5.69 Å². The molecule has 5 rings (SSSR count). The number of benzene rings is 1. The zero-order chi connectivity index (χ0) is 25.1. The van der Waals surface area contributed by atoms with Crippen molar-refractivity contribution in [2.75, 3.05) is 27.2 Å². The number of methoxy groups -OCH3 is 1. The Morgan fingerprint density at radius 1 is 1.16 bits per heavy atom. The molecule has 0 bridgehead atoms. The molecule has 4 heterocycles. The first-order valence-electron chi connectivity index (χ1n) is 11.7. The second kappa shape index (κ2) is 7.37. The van der Waals surface area contributed by atoms with Crippen LogP contribution in [0.4, 0.5) is 8.78 Å². The van der Waals surface area contributed by atoms with E-state index in [1.165, 1.54) is 27.6 Å². The van der Waals surface area contributed by atoms with Gasteiger partial charge in [-0.05, 0) is 37.2 Å². The molecule has 1 saturated heterocycles. The maximum Gasteiger partial charge on any atom is 0.329 e. The van der Waals surface area contributed by atoms with Gasteiger partial charge < -0.3 is 9.64 Å². The van der Waals surface area contributed by atoms with E-state index in [1.807, 2.05) is 0 Å². The maximum atomic E-state index is 15.1. The monoisotopic (exact) mass is 442 g/mol. The van der Waals surface area contributed by atoms with Gasteiger partial charge in [-0.15, -0.1) is 0 Å². The quantitative estimate of drug-likeness (QED) is 0.486. The highest BCUT2D eigenvalue weighted by molar-refractivity contribution is 6.04. The Kier molecular flexibility index (Phi) is 3.97. The second-order valence-corrected chi connectivity index (χ2v) is 8.23. The zero-order valence-corrected chi connectivity index (χ0v) is 17.5.